The maximum atomic E-state index is 13.2. The zero-order chi connectivity index (χ0) is 13.0. The fraction of sp³-hybridized carbons (Fsp3) is 0.308. The Hall–Kier alpha value is -1.55. The van der Waals surface area contributed by atoms with Crippen molar-refractivity contribution in [3.63, 3.8) is 0 Å². The first-order valence-corrected chi connectivity index (χ1v) is 6.27. The molecule has 0 aliphatic carbocycles. The number of hydrogen-bond donors (Lipinski definition) is 1. The maximum Gasteiger partial charge on any atom is 0.126 e. The van der Waals surface area contributed by atoms with Gasteiger partial charge in [-0.05, 0) is 30.7 Å². The molecule has 1 aromatic heterocycles. The number of nitrogens with zero attached hydrogens (tertiary/aromatic N) is 2. The van der Waals surface area contributed by atoms with E-state index in [0.29, 0.717) is 17.3 Å². The van der Waals surface area contributed by atoms with Gasteiger partial charge >= 0.3 is 0 Å². The number of rotatable bonds is 5. The van der Waals surface area contributed by atoms with Crippen molar-refractivity contribution < 1.29 is 4.39 Å². The van der Waals surface area contributed by atoms with E-state index in [1.54, 1.807) is 12.3 Å². The number of hydrogen-bond acceptors (Lipinski definition) is 2. The molecule has 2 aromatic rings. The normalized spacial score (nSPS) is 10.6. The van der Waals surface area contributed by atoms with E-state index in [4.69, 9.17) is 11.6 Å². The molecule has 18 heavy (non-hydrogen) atoms. The van der Waals surface area contributed by atoms with Crippen molar-refractivity contribution in [3.8, 4) is 0 Å². The van der Waals surface area contributed by atoms with Gasteiger partial charge in [0, 0.05) is 23.5 Å². The second kappa shape index (κ2) is 5.87. The summed E-state index contributed by atoms with van der Waals surface area (Å²) in [6.07, 6.45) is 2.80. The lowest BCUT2D eigenvalue weighted by molar-refractivity contribution is 0.578. The van der Waals surface area contributed by atoms with Gasteiger partial charge in [-0.25, -0.2) is 4.39 Å². The van der Waals surface area contributed by atoms with Crippen LogP contribution in [0, 0.1) is 5.82 Å². The monoisotopic (exact) mass is 267 g/mol. The fourth-order valence-electron chi connectivity index (χ4n) is 1.77. The van der Waals surface area contributed by atoms with Crippen LogP contribution in [-0.4, -0.2) is 9.78 Å². The van der Waals surface area contributed by atoms with Crippen LogP contribution >= 0.6 is 11.6 Å². The molecule has 1 N–H and O–H groups in total. The Balaban J connectivity index is 2.04. The Morgan fingerprint density at radius 2 is 2.22 bits per heavy atom. The van der Waals surface area contributed by atoms with Crippen LogP contribution in [0.25, 0.3) is 0 Å². The summed E-state index contributed by atoms with van der Waals surface area (Å²) >= 11 is 5.79. The minimum Gasteiger partial charge on any atom is -0.379 e. The average molecular weight is 268 g/mol. The standard InChI is InChI=1S/C13H15ClFN3/c1-2-5-18-13(3-4-17-18)9-16-12-7-10(14)6-11(15)8-12/h3-4,6-8,16H,2,5,9H2,1H3. The minimum atomic E-state index is -0.341. The molecule has 0 bridgehead atoms. The molecule has 0 aliphatic heterocycles. The molecular weight excluding hydrogens is 253 g/mol. The van der Waals surface area contributed by atoms with Crippen LogP contribution in [0.5, 0.6) is 0 Å². The van der Waals surface area contributed by atoms with Crippen LogP contribution in [0.4, 0.5) is 10.1 Å². The smallest absolute Gasteiger partial charge is 0.126 e. The van der Waals surface area contributed by atoms with Gasteiger partial charge in [-0.2, -0.15) is 5.10 Å². The van der Waals surface area contributed by atoms with Crippen molar-refractivity contribution in [2.75, 3.05) is 5.32 Å². The van der Waals surface area contributed by atoms with Crippen molar-refractivity contribution >= 4 is 17.3 Å². The number of anilines is 1. The van der Waals surface area contributed by atoms with Gasteiger partial charge in [0.2, 0.25) is 0 Å². The molecule has 96 valence electrons. The highest BCUT2D eigenvalue weighted by Gasteiger charge is 2.03. The Bertz CT molecular complexity index is 504. The third-order valence-electron chi connectivity index (χ3n) is 2.58. The number of aryl methyl sites for hydroxylation is 1. The second-order valence-electron chi connectivity index (χ2n) is 4.06. The third kappa shape index (κ3) is 3.23. The van der Waals surface area contributed by atoms with E-state index in [2.05, 4.69) is 17.3 Å². The molecule has 0 spiro atoms. The van der Waals surface area contributed by atoms with Gasteiger partial charge in [-0.3, -0.25) is 4.68 Å². The first-order valence-electron chi connectivity index (χ1n) is 5.89. The molecule has 3 nitrogen and oxygen atoms in total. The van der Waals surface area contributed by atoms with Crippen molar-refractivity contribution in [2.45, 2.75) is 26.4 Å². The predicted octanol–water partition coefficient (Wildman–Crippen LogP) is 3.70. The number of aromatic nitrogens is 2. The highest BCUT2D eigenvalue weighted by Crippen LogP contribution is 2.18. The van der Waals surface area contributed by atoms with Crippen LogP contribution < -0.4 is 5.32 Å². The van der Waals surface area contributed by atoms with E-state index in [1.165, 1.54) is 12.1 Å². The molecule has 0 saturated heterocycles. The fourth-order valence-corrected chi connectivity index (χ4v) is 1.99. The van der Waals surface area contributed by atoms with E-state index < -0.39 is 0 Å². The zero-order valence-electron chi connectivity index (χ0n) is 10.2. The summed E-state index contributed by atoms with van der Waals surface area (Å²) in [5.41, 5.74) is 1.74. The molecule has 0 aliphatic rings. The van der Waals surface area contributed by atoms with Crippen molar-refractivity contribution in [1.82, 2.24) is 9.78 Å². The Morgan fingerprint density at radius 3 is 2.94 bits per heavy atom. The van der Waals surface area contributed by atoms with E-state index in [-0.39, 0.29) is 5.82 Å². The Kier molecular flexibility index (Phi) is 4.20. The summed E-state index contributed by atoms with van der Waals surface area (Å²) < 4.78 is 15.1. The molecule has 0 amide bonds. The molecule has 0 fully saturated rings. The van der Waals surface area contributed by atoms with Crippen molar-refractivity contribution in [2.24, 2.45) is 0 Å². The molecular formula is C13H15ClFN3. The van der Waals surface area contributed by atoms with Crippen LogP contribution in [0.1, 0.15) is 19.0 Å². The highest BCUT2D eigenvalue weighted by molar-refractivity contribution is 6.30. The molecule has 0 radical (unpaired) electrons. The largest absolute Gasteiger partial charge is 0.379 e. The van der Waals surface area contributed by atoms with Crippen LogP contribution in [0.3, 0.4) is 0 Å². The molecule has 2 rings (SSSR count). The molecule has 0 atom stereocenters. The zero-order valence-corrected chi connectivity index (χ0v) is 10.9. The first kappa shape index (κ1) is 12.9. The predicted molar refractivity (Wildman–Crippen MR) is 71.3 cm³/mol. The van der Waals surface area contributed by atoms with E-state index in [9.17, 15) is 4.39 Å². The molecule has 0 saturated carbocycles. The lowest BCUT2D eigenvalue weighted by Gasteiger charge is -2.09. The number of nitrogens with one attached hydrogen (secondary N) is 1. The molecule has 0 unspecified atom stereocenters. The van der Waals surface area contributed by atoms with Crippen LogP contribution in [-0.2, 0) is 13.1 Å². The molecule has 5 heteroatoms. The second-order valence-corrected chi connectivity index (χ2v) is 4.49. The summed E-state index contributed by atoms with van der Waals surface area (Å²) in [6.45, 7) is 3.58. The highest BCUT2D eigenvalue weighted by atomic mass is 35.5. The van der Waals surface area contributed by atoms with E-state index in [0.717, 1.165) is 18.7 Å². The Morgan fingerprint density at radius 1 is 1.39 bits per heavy atom. The summed E-state index contributed by atoms with van der Waals surface area (Å²) in [4.78, 5) is 0. The number of halogens is 2. The van der Waals surface area contributed by atoms with Gasteiger partial charge in [0.15, 0.2) is 0 Å². The van der Waals surface area contributed by atoms with Crippen LogP contribution in [0.15, 0.2) is 30.5 Å². The van der Waals surface area contributed by atoms with Gasteiger partial charge < -0.3 is 5.32 Å². The summed E-state index contributed by atoms with van der Waals surface area (Å²) in [7, 11) is 0. The maximum absolute atomic E-state index is 13.2. The van der Waals surface area contributed by atoms with Crippen molar-refractivity contribution in [3.05, 3.63) is 47.0 Å². The van der Waals surface area contributed by atoms with E-state index >= 15 is 0 Å². The summed E-state index contributed by atoms with van der Waals surface area (Å²) in [6, 6.07) is 6.36. The molecule has 1 aromatic carbocycles. The van der Waals surface area contributed by atoms with Gasteiger partial charge in [0.25, 0.3) is 0 Å². The summed E-state index contributed by atoms with van der Waals surface area (Å²) in [5.74, 6) is -0.341. The van der Waals surface area contributed by atoms with E-state index in [1.807, 2.05) is 10.7 Å². The topological polar surface area (TPSA) is 29.9 Å². The van der Waals surface area contributed by atoms with Gasteiger partial charge in [0.1, 0.15) is 5.82 Å². The van der Waals surface area contributed by atoms with Gasteiger partial charge in [-0.1, -0.05) is 18.5 Å². The average Bonchev–Trinajstić information content (AvgIpc) is 2.73. The lowest BCUT2D eigenvalue weighted by atomic mass is 10.3. The molecule has 1 heterocycles. The SMILES string of the molecule is CCCn1nccc1CNc1cc(F)cc(Cl)c1. The summed E-state index contributed by atoms with van der Waals surface area (Å²) in [5, 5.41) is 7.76. The Labute approximate surface area is 111 Å². The lowest BCUT2D eigenvalue weighted by Crippen LogP contribution is -2.09. The third-order valence-corrected chi connectivity index (χ3v) is 2.79. The quantitative estimate of drug-likeness (QED) is 0.895. The van der Waals surface area contributed by atoms with Gasteiger partial charge in [-0.15, -0.1) is 0 Å². The number of benzene rings is 1. The van der Waals surface area contributed by atoms with Gasteiger partial charge in [0.05, 0.1) is 12.2 Å². The first-order chi connectivity index (χ1) is 8.69. The van der Waals surface area contributed by atoms with Crippen molar-refractivity contribution in [1.29, 1.82) is 0 Å². The van der Waals surface area contributed by atoms with Crippen LogP contribution in [0.2, 0.25) is 5.02 Å². The minimum absolute atomic E-state index is 0.341.